The monoisotopic (exact) mass is 451 g/mol. The van der Waals surface area contributed by atoms with Crippen molar-refractivity contribution in [2.24, 2.45) is 16.8 Å². The molecule has 138 valence electrons. The van der Waals surface area contributed by atoms with Gasteiger partial charge >= 0.3 is 6.18 Å². The van der Waals surface area contributed by atoms with Gasteiger partial charge in [-0.25, -0.2) is 0 Å². The minimum absolute atomic E-state index is 0. The summed E-state index contributed by atoms with van der Waals surface area (Å²) in [5.41, 5.74) is 0. The van der Waals surface area contributed by atoms with Crippen molar-refractivity contribution in [2.45, 2.75) is 39.8 Å². The molecular weight excluding hydrogens is 422 g/mol. The molecule has 1 heterocycles. The summed E-state index contributed by atoms with van der Waals surface area (Å²) in [7, 11) is 0. The van der Waals surface area contributed by atoms with Gasteiger partial charge < -0.3 is 15.0 Å². The van der Waals surface area contributed by atoms with Crippen molar-refractivity contribution in [2.75, 3.05) is 39.4 Å². The Morgan fingerprint density at radius 3 is 2.39 bits per heavy atom. The van der Waals surface area contributed by atoms with E-state index < -0.39 is 12.8 Å². The average molecular weight is 451 g/mol. The molecule has 0 amide bonds. The highest BCUT2D eigenvalue weighted by Crippen LogP contribution is 2.20. The van der Waals surface area contributed by atoms with Gasteiger partial charge in [0.05, 0.1) is 0 Å². The lowest BCUT2D eigenvalue weighted by Crippen LogP contribution is -2.48. The van der Waals surface area contributed by atoms with Gasteiger partial charge in [-0.05, 0) is 31.6 Å². The van der Waals surface area contributed by atoms with Crippen molar-refractivity contribution < 1.29 is 17.9 Å². The van der Waals surface area contributed by atoms with Gasteiger partial charge in [0.1, 0.15) is 6.61 Å². The minimum atomic E-state index is -4.25. The molecule has 0 aromatic carbocycles. The van der Waals surface area contributed by atoms with E-state index in [1.807, 2.05) is 6.92 Å². The van der Waals surface area contributed by atoms with E-state index in [0.29, 0.717) is 24.8 Å². The normalized spacial score (nSPS) is 22.7. The Morgan fingerprint density at radius 1 is 1.26 bits per heavy atom. The standard InChI is InChI=1S/C15H28F3N3O.HI/c1-4-19-14(21-9-12(2)8-13(3)10-21)20-6-5-7-22-11-15(16,17)18;/h12-13H,4-11H2,1-3H3,(H,19,20);1H. The van der Waals surface area contributed by atoms with Gasteiger partial charge in [-0.2, -0.15) is 13.2 Å². The van der Waals surface area contributed by atoms with Gasteiger partial charge in [-0.1, -0.05) is 13.8 Å². The molecule has 1 fully saturated rings. The van der Waals surface area contributed by atoms with Crippen LogP contribution in [0, 0.1) is 11.8 Å². The number of piperidine rings is 1. The van der Waals surface area contributed by atoms with Crippen molar-refractivity contribution in [3.63, 3.8) is 0 Å². The lowest BCUT2D eigenvalue weighted by atomic mass is 9.92. The van der Waals surface area contributed by atoms with Crippen LogP contribution in [0.5, 0.6) is 0 Å². The van der Waals surface area contributed by atoms with Crippen LogP contribution in [0.25, 0.3) is 0 Å². The van der Waals surface area contributed by atoms with E-state index in [1.54, 1.807) is 0 Å². The summed E-state index contributed by atoms with van der Waals surface area (Å²) in [6.45, 7) is 8.57. The van der Waals surface area contributed by atoms with Gasteiger partial charge in [0.15, 0.2) is 5.96 Å². The van der Waals surface area contributed by atoms with Gasteiger partial charge in [0, 0.05) is 32.8 Å². The van der Waals surface area contributed by atoms with Crippen LogP contribution in [0.3, 0.4) is 0 Å². The number of aliphatic imine (C=N–C) groups is 1. The SMILES string of the molecule is CCNC(=NCCCOCC(F)(F)F)N1CC(C)CC(C)C1.I. The second-order valence-electron chi connectivity index (χ2n) is 6.11. The molecule has 0 aromatic rings. The molecule has 1 aliphatic heterocycles. The smallest absolute Gasteiger partial charge is 0.372 e. The molecule has 2 atom stereocenters. The highest BCUT2D eigenvalue weighted by atomic mass is 127. The molecule has 1 saturated heterocycles. The van der Waals surface area contributed by atoms with Crippen molar-refractivity contribution in [3.8, 4) is 0 Å². The third kappa shape index (κ3) is 10.3. The maximum absolute atomic E-state index is 11.9. The Bertz CT molecular complexity index is 343. The molecule has 23 heavy (non-hydrogen) atoms. The van der Waals surface area contributed by atoms with Crippen LogP contribution in [0.2, 0.25) is 0 Å². The zero-order valence-corrected chi connectivity index (χ0v) is 16.5. The van der Waals surface area contributed by atoms with Gasteiger partial charge in [0.2, 0.25) is 0 Å². The fourth-order valence-corrected chi connectivity index (χ4v) is 2.80. The van der Waals surface area contributed by atoms with Crippen LogP contribution in [0.4, 0.5) is 13.2 Å². The second-order valence-corrected chi connectivity index (χ2v) is 6.11. The van der Waals surface area contributed by atoms with E-state index in [0.717, 1.165) is 25.6 Å². The lowest BCUT2D eigenvalue weighted by Gasteiger charge is -2.37. The summed E-state index contributed by atoms with van der Waals surface area (Å²) in [6.07, 6.45) is -2.54. The molecule has 8 heteroatoms. The van der Waals surface area contributed by atoms with Crippen LogP contribution in [-0.4, -0.2) is 56.4 Å². The molecular formula is C15H29F3IN3O. The number of guanidine groups is 1. The number of rotatable bonds is 6. The predicted molar refractivity (Wildman–Crippen MR) is 97.4 cm³/mol. The zero-order chi connectivity index (χ0) is 16.6. The highest BCUT2D eigenvalue weighted by Gasteiger charge is 2.27. The number of alkyl halides is 3. The number of hydrogen-bond acceptors (Lipinski definition) is 2. The van der Waals surface area contributed by atoms with Crippen LogP contribution in [-0.2, 0) is 4.74 Å². The first kappa shape index (κ1) is 22.8. The molecule has 1 aliphatic rings. The molecule has 0 aromatic heterocycles. The predicted octanol–water partition coefficient (Wildman–Crippen LogP) is 3.52. The van der Waals surface area contributed by atoms with E-state index in [1.165, 1.54) is 6.42 Å². The zero-order valence-electron chi connectivity index (χ0n) is 14.2. The summed E-state index contributed by atoms with van der Waals surface area (Å²) in [5.74, 6) is 2.11. The van der Waals surface area contributed by atoms with Crippen molar-refractivity contribution in [3.05, 3.63) is 0 Å². The molecule has 0 radical (unpaired) electrons. The Balaban J connectivity index is 0.00000484. The molecule has 0 spiro atoms. The van der Waals surface area contributed by atoms with Crippen molar-refractivity contribution in [1.29, 1.82) is 0 Å². The first-order valence-corrected chi connectivity index (χ1v) is 7.99. The molecule has 0 saturated carbocycles. The molecule has 1 rings (SSSR count). The first-order valence-electron chi connectivity index (χ1n) is 7.99. The summed E-state index contributed by atoms with van der Waals surface area (Å²) in [4.78, 5) is 6.76. The average Bonchev–Trinajstić information content (AvgIpc) is 2.39. The largest absolute Gasteiger partial charge is 0.411 e. The molecule has 2 unspecified atom stereocenters. The Hall–Kier alpha value is -0.250. The fourth-order valence-electron chi connectivity index (χ4n) is 2.80. The summed E-state index contributed by atoms with van der Waals surface area (Å²) in [5, 5.41) is 3.26. The highest BCUT2D eigenvalue weighted by molar-refractivity contribution is 14.0. The second kappa shape index (κ2) is 11.3. The van der Waals surface area contributed by atoms with E-state index in [4.69, 9.17) is 0 Å². The Kier molecular flexibility index (Phi) is 11.2. The quantitative estimate of drug-likeness (QED) is 0.291. The van der Waals surface area contributed by atoms with Crippen LogP contribution >= 0.6 is 24.0 Å². The third-order valence-electron chi connectivity index (χ3n) is 3.48. The fraction of sp³-hybridized carbons (Fsp3) is 0.933. The van der Waals surface area contributed by atoms with Crippen molar-refractivity contribution >= 4 is 29.9 Å². The third-order valence-corrected chi connectivity index (χ3v) is 3.48. The summed E-state index contributed by atoms with van der Waals surface area (Å²) >= 11 is 0. The van der Waals surface area contributed by atoms with Gasteiger partial charge in [0.25, 0.3) is 0 Å². The molecule has 0 aliphatic carbocycles. The van der Waals surface area contributed by atoms with Crippen LogP contribution in [0.1, 0.15) is 33.6 Å². The molecule has 4 nitrogen and oxygen atoms in total. The summed E-state index contributed by atoms with van der Waals surface area (Å²) < 4.78 is 40.4. The maximum Gasteiger partial charge on any atom is 0.411 e. The maximum atomic E-state index is 11.9. The summed E-state index contributed by atoms with van der Waals surface area (Å²) in [6, 6.07) is 0. The Morgan fingerprint density at radius 2 is 1.87 bits per heavy atom. The van der Waals surface area contributed by atoms with Crippen molar-refractivity contribution in [1.82, 2.24) is 10.2 Å². The number of likely N-dealkylation sites (tertiary alicyclic amines) is 1. The Labute approximate surface area is 154 Å². The lowest BCUT2D eigenvalue weighted by molar-refractivity contribution is -0.173. The topological polar surface area (TPSA) is 36.9 Å². The van der Waals surface area contributed by atoms with E-state index in [2.05, 4.69) is 33.8 Å². The number of hydrogen-bond donors (Lipinski definition) is 1. The van der Waals surface area contributed by atoms with Gasteiger partial charge in [-0.15, -0.1) is 24.0 Å². The number of ether oxygens (including phenoxy) is 1. The van der Waals surface area contributed by atoms with E-state index >= 15 is 0 Å². The van der Waals surface area contributed by atoms with E-state index in [-0.39, 0.29) is 30.6 Å². The number of nitrogens with one attached hydrogen (secondary N) is 1. The van der Waals surface area contributed by atoms with Crippen LogP contribution < -0.4 is 5.32 Å². The number of nitrogens with zero attached hydrogens (tertiary/aromatic N) is 2. The number of halogens is 4. The van der Waals surface area contributed by atoms with Crippen LogP contribution in [0.15, 0.2) is 4.99 Å². The molecule has 0 bridgehead atoms. The van der Waals surface area contributed by atoms with Gasteiger partial charge in [-0.3, -0.25) is 4.99 Å². The van der Waals surface area contributed by atoms with E-state index in [9.17, 15) is 13.2 Å². The minimum Gasteiger partial charge on any atom is -0.372 e. The molecule has 1 N–H and O–H groups in total. The first-order chi connectivity index (χ1) is 10.3.